The maximum absolute atomic E-state index is 16.7. The molecule has 9 nitrogen and oxygen atoms in total. The number of carbonyl (C=O) groups is 2. The van der Waals surface area contributed by atoms with Gasteiger partial charge in [-0.2, -0.15) is 0 Å². The van der Waals surface area contributed by atoms with Crippen LogP contribution in [-0.4, -0.2) is 68.3 Å². The Bertz CT molecular complexity index is 1600. The van der Waals surface area contributed by atoms with Gasteiger partial charge in [0.1, 0.15) is 18.2 Å². The van der Waals surface area contributed by atoms with Crippen LogP contribution in [0.5, 0.6) is 11.5 Å². The molecular formula is C34H37ClF2N2O7. The number of carboxylic acid groups (broad SMARTS) is 1. The minimum absolute atomic E-state index is 0.0251. The SMILES string of the molecule is CNC(=O)c1ccc(OC[C@H](C)OC2CCCCO2)c(F)c1-c1c(Cl)c(F)cc2c1[C@H](C)[C@@](CN(C)C(=O)O)(c1ccccc1)O2. The van der Waals surface area contributed by atoms with E-state index < -0.39 is 46.3 Å². The third-order valence-electron chi connectivity index (χ3n) is 8.53. The minimum atomic E-state index is -1.34. The lowest BCUT2D eigenvalue weighted by molar-refractivity contribution is -0.189. The molecule has 3 aromatic rings. The molecule has 1 saturated heterocycles. The number of carbonyl (C=O) groups excluding carboxylic acids is 1. The van der Waals surface area contributed by atoms with Crippen LogP contribution in [0, 0.1) is 11.6 Å². The number of halogens is 3. The van der Waals surface area contributed by atoms with E-state index in [-0.39, 0.29) is 47.6 Å². The van der Waals surface area contributed by atoms with Crippen LogP contribution in [0.2, 0.25) is 5.02 Å². The zero-order chi connectivity index (χ0) is 33.2. The summed E-state index contributed by atoms with van der Waals surface area (Å²) >= 11 is 6.64. The lowest BCUT2D eigenvalue weighted by Gasteiger charge is -2.36. The first-order valence-electron chi connectivity index (χ1n) is 15.1. The largest absolute Gasteiger partial charge is 0.488 e. The summed E-state index contributed by atoms with van der Waals surface area (Å²) in [6, 6.07) is 12.7. The van der Waals surface area contributed by atoms with E-state index in [1.165, 1.54) is 26.2 Å². The zero-order valence-electron chi connectivity index (χ0n) is 26.1. The number of ether oxygens (including phenoxy) is 4. The summed E-state index contributed by atoms with van der Waals surface area (Å²) in [5.74, 6) is -3.29. The Morgan fingerprint density at radius 2 is 1.91 bits per heavy atom. The van der Waals surface area contributed by atoms with E-state index in [1.807, 2.05) is 0 Å². The second kappa shape index (κ2) is 13.8. The van der Waals surface area contributed by atoms with Gasteiger partial charge >= 0.3 is 6.09 Å². The predicted octanol–water partition coefficient (Wildman–Crippen LogP) is 6.96. The summed E-state index contributed by atoms with van der Waals surface area (Å²) in [4.78, 5) is 26.1. The number of nitrogens with zero attached hydrogens (tertiary/aromatic N) is 1. The summed E-state index contributed by atoms with van der Waals surface area (Å²) in [6.45, 7) is 4.00. The van der Waals surface area contributed by atoms with Crippen molar-refractivity contribution < 1.29 is 42.4 Å². The highest BCUT2D eigenvalue weighted by molar-refractivity contribution is 6.34. The van der Waals surface area contributed by atoms with Gasteiger partial charge in [0.05, 0.1) is 23.2 Å². The van der Waals surface area contributed by atoms with Gasteiger partial charge in [-0.1, -0.05) is 48.9 Å². The fourth-order valence-electron chi connectivity index (χ4n) is 6.16. The molecular weight excluding hydrogens is 622 g/mol. The van der Waals surface area contributed by atoms with Crippen LogP contribution in [0.15, 0.2) is 48.5 Å². The molecule has 2 N–H and O–H groups in total. The van der Waals surface area contributed by atoms with Gasteiger partial charge in [-0.25, -0.2) is 13.6 Å². The molecule has 246 valence electrons. The fraction of sp³-hybridized carbons (Fsp3) is 0.412. The van der Waals surface area contributed by atoms with Crippen LogP contribution < -0.4 is 14.8 Å². The van der Waals surface area contributed by atoms with E-state index in [2.05, 4.69) is 5.32 Å². The third kappa shape index (κ3) is 6.36. The molecule has 0 aliphatic carbocycles. The van der Waals surface area contributed by atoms with E-state index in [9.17, 15) is 14.7 Å². The topological polar surface area (TPSA) is 107 Å². The zero-order valence-corrected chi connectivity index (χ0v) is 26.8. The second-order valence-electron chi connectivity index (χ2n) is 11.6. The number of hydrogen-bond donors (Lipinski definition) is 2. The Labute approximate surface area is 271 Å². The lowest BCUT2D eigenvalue weighted by Crippen LogP contribution is -2.46. The van der Waals surface area contributed by atoms with E-state index >= 15 is 8.78 Å². The standard InChI is InChI=1S/C34H37ClF2N2O7/c1-19(45-26-12-8-9-15-43-26)17-44-24-14-13-22(32(40)38-3)28(31(24)37)29-27-20(2)34(18-39(4)33(41)42,21-10-6-5-7-11-21)46-25(27)16-23(36)30(29)35/h5-7,10-11,13-14,16,19-20,26H,8-9,12,15,17-18H2,1-4H3,(H,38,40)(H,41,42)/t19-,20-,26?,34-/m0/s1. The first kappa shape index (κ1) is 33.4. The molecule has 2 aliphatic heterocycles. The molecule has 5 rings (SSSR count). The van der Waals surface area contributed by atoms with Crippen molar-refractivity contribution in [3.05, 3.63) is 81.9 Å². The molecule has 3 aromatic carbocycles. The Morgan fingerprint density at radius 1 is 1.17 bits per heavy atom. The molecule has 1 fully saturated rings. The Kier molecular flexibility index (Phi) is 10.0. The smallest absolute Gasteiger partial charge is 0.407 e. The van der Waals surface area contributed by atoms with Gasteiger partial charge in [-0.05, 0) is 43.9 Å². The van der Waals surface area contributed by atoms with Gasteiger partial charge in [-0.3, -0.25) is 4.79 Å². The van der Waals surface area contributed by atoms with Gasteiger partial charge in [0.15, 0.2) is 23.5 Å². The van der Waals surface area contributed by atoms with Crippen LogP contribution in [0.4, 0.5) is 13.6 Å². The first-order valence-corrected chi connectivity index (χ1v) is 15.5. The lowest BCUT2D eigenvalue weighted by atomic mass is 9.77. The van der Waals surface area contributed by atoms with Crippen molar-refractivity contribution in [2.24, 2.45) is 0 Å². The molecule has 12 heteroatoms. The summed E-state index contributed by atoms with van der Waals surface area (Å²) < 4.78 is 56.2. The molecule has 4 atom stereocenters. The van der Waals surface area contributed by atoms with Crippen molar-refractivity contribution in [1.82, 2.24) is 10.2 Å². The van der Waals surface area contributed by atoms with Crippen molar-refractivity contribution in [3.63, 3.8) is 0 Å². The first-order chi connectivity index (χ1) is 22.0. The monoisotopic (exact) mass is 658 g/mol. The molecule has 2 heterocycles. The maximum Gasteiger partial charge on any atom is 0.407 e. The number of rotatable bonds is 10. The number of amides is 2. The second-order valence-corrected chi connectivity index (χ2v) is 12.0. The highest BCUT2D eigenvalue weighted by Gasteiger charge is 2.51. The number of fused-ring (bicyclic) bond motifs is 1. The maximum atomic E-state index is 16.7. The normalized spacial score (nSPS) is 21.2. The Balaban J connectivity index is 1.62. The molecule has 0 saturated carbocycles. The summed E-state index contributed by atoms with van der Waals surface area (Å²) in [5, 5.41) is 11.9. The van der Waals surface area contributed by atoms with Gasteiger partial charge in [-0.15, -0.1) is 0 Å². The van der Waals surface area contributed by atoms with E-state index in [4.69, 9.17) is 30.5 Å². The average Bonchev–Trinajstić information content (AvgIpc) is 3.32. The van der Waals surface area contributed by atoms with Crippen LogP contribution in [-0.2, 0) is 15.1 Å². The van der Waals surface area contributed by atoms with E-state index in [0.29, 0.717) is 17.7 Å². The number of benzene rings is 3. The van der Waals surface area contributed by atoms with Crippen LogP contribution >= 0.6 is 11.6 Å². The van der Waals surface area contributed by atoms with Gasteiger partial charge in [0, 0.05) is 49.4 Å². The molecule has 0 spiro atoms. The Morgan fingerprint density at radius 3 is 2.57 bits per heavy atom. The molecule has 0 radical (unpaired) electrons. The highest BCUT2D eigenvalue weighted by atomic mass is 35.5. The summed E-state index contributed by atoms with van der Waals surface area (Å²) in [7, 11) is 2.79. The summed E-state index contributed by atoms with van der Waals surface area (Å²) in [6.07, 6.45) is 0.685. The number of likely N-dealkylation sites (N-methyl/N-ethyl adjacent to an activating group) is 1. The third-order valence-corrected chi connectivity index (χ3v) is 8.90. The average molecular weight is 659 g/mol. The molecule has 0 bridgehead atoms. The quantitative estimate of drug-likeness (QED) is 0.243. The van der Waals surface area contributed by atoms with Crippen LogP contribution in [0.25, 0.3) is 11.1 Å². The molecule has 46 heavy (non-hydrogen) atoms. The fourth-order valence-corrected chi connectivity index (χ4v) is 6.41. The van der Waals surface area contributed by atoms with Crippen molar-refractivity contribution in [3.8, 4) is 22.6 Å². The van der Waals surface area contributed by atoms with Crippen LogP contribution in [0.3, 0.4) is 0 Å². The van der Waals surface area contributed by atoms with Gasteiger partial charge < -0.3 is 34.3 Å². The molecule has 2 amide bonds. The van der Waals surface area contributed by atoms with Crippen molar-refractivity contribution in [2.75, 3.05) is 33.9 Å². The highest BCUT2D eigenvalue weighted by Crippen LogP contribution is 2.56. The Hall–Kier alpha value is -3.93. The number of nitrogens with one attached hydrogen (secondary N) is 1. The summed E-state index contributed by atoms with van der Waals surface area (Å²) in [5.41, 5.74) is -0.854. The van der Waals surface area contributed by atoms with E-state index in [0.717, 1.165) is 30.2 Å². The van der Waals surface area contributed by atoms with Gasteiger partial charge in [0.2, 0.25) is 0 Å². The predicted molar refractivity (Wildman–Crippen MR) is 168 cm³/mol. The van der Waals surface area contributed by atoms with Crippen molar-refractivity contribution >= 4 is 23.6 Å². The molecule has 2 aliphatic rings. The molecule has 1 unspecified atom stereocenters. The molecule has 0 aromatic heterocycles. The van der Waals surface area contributed by atoms with E-state index in [1.54, 1.807) is 44.2 Å². The minimum Gasteiger partial charge on any atom is -0.488 e. The van der Waals surface area contributed by atoms with Crippen molar-refractivity contribution in [1.29, 1.82) is 0 Å². The van der Waals surface area contributed by atoms with Gasteiger partial charge in [0.25, 0.3) is 5.91 Å². The van der Waals surface area contributed by atoms with Crippen LogP contribution in [0.1, 0.15) is 60.5 Å². The van der Waals surface area contributed by atoms with Crippen molar-refractivity contribution in [2.45, 2.75) is 57.0 Å². The number of hydrogen-bond acceptors (Lipinski definition) is 6.